The highest BCUT2D eigenvalue weighted by molar-refractivity contribution is 5.87. The number of para-hydroxylation sites is 2. The lowest BCUT2D eigenvalue weighted by Crippen LogP contribution is -2.32. The maximum absolute atomic E-state index is 5.64. The SMILES string of the molecule is CCCC(CNc1cc(OC)c2ccccc2n1)CN[C@@H](Cc1ccccc1)c1c[nH]c2ccccc12. The van der Waals surface area contributed by atoms with Gasteiger partial charge in [0.05, 0.1) is 12.6 Å². The van der Waals surface area contributed by atoms with Crippen molar-refractivity contribution in [3.05, 3.63) is 102 Å². The number of aromatic amines is 1. The van der Waals surface area contributed by atoms with Crippen molar-refractivity contribution in [3.8, 4) is 5.75 Å². The largest absolute Gasteiger partial charge is 0.496 e. The number of hydrogen-bond donors (Lipinski definition) is 3. The summed E-state index contributed by atoms with van der Waals surface area (Å²) in [6, 6.07) is 29.6. The standard InChI is InChI=1S/C32H36N4O/c1-3-11-24(21-35-32-19-31(37-2)26-15-8-10-17-29(26)36-32)20-33-30(18-23-12-5-4-6-13-23)27-22-34-28-16-9-7-14-25(27)28/h4-10,12-17,19,22,24,30,33-34H,3,11,18,20-21H2,1-2H3,(H,35,36)/t24?,30-/m0/s1. The molecule has 0 radical (unpaired) electrons. The zero-order chi connectivity index (χ0) is 25.5. The first kappa shape index (κ1) is 24.8. The summed E-state index contributed by atoms with van der Waals surface area (Å²) in [7, 11) is 1.72. The third-order valence-corrected chi connectivity index (χ3v) is 7.10. The van der Waals surface area contributed by atoms with Gasteiger partial charge in [0.25, 0.3) is 0 Å². The number of ether oxygens (including phenoxy) is 1. The Morgan fingerprint density at radius 2 is 1.65 bits per heavy atom. The molecule has 5 nitrogen and oxygen atoms in total. The normalized spacial score (nSPS) is 13.0. The fourth-order valence-corrected chi connectivity index (χ4v) is 5.17. The summed E-state index contributed by atoms with van der Waals surface area (Å²) in [4.78, 5) is 8.29. The predicted molar refractivity (Wildman–Crippen MR) is 154 cm³/mol. The molecule has 3 aromatic carbocycles. The summed E-state index contributed by atoms with van der Waals surface area (Å²) in [5, 5.41) is 9.85. The van der Waals surface area contributed by atoms with Crippen molar-refractivity contribution in [1.29, 1.82) is 0 Å². The number of hydrogen-bond acceptors (Lipinski definition) is 4. The average Bonchev–Trinajstić information content (AvgIpc) is 3.38. The molecule has 0 saturated carbocycles. The van der Waals surface area contributed by atoms with E-state index in [0.29, 0.717) is 5.92 Å². The fourth-order valence-electron chi connectivity index (χ4n) is 5.17. The average molecular weight is 493 g/mol. The Balaban J connectivity index is 1.32. The molecule has 0 aliphatic rings. The molecule has 0 fully saturated rings. The number of fused-ring (bicyclic) bond motifs is 2. The molecule has 0 aliphatic carbocycles. The van der Waals surface area contributed by atoms with Gasteiger partial charge >= 0.3 is 0 Å². The van der Waals surface area contributed by atoms with E-state index in [1.54, 1.807) is 7.11 Å². The Bertz CT molecular complexity index is 1430. The molecule has 0 aliphatic heterocycles. The first-order chi connectivity index (χ1) is 18.2. The molecule has 37 heavy (non-hydrogen) atoms. The quantitative estimate of drug-likeness (QED) is 0.173. The predicted octanol–water partition coefficient (Wildman–Crippen LogP) is 7.13. The van der Waals surface area contributed by atoms with Crippen molar-refractivity contribution in [1.82, 2.24) is 15.3 Å². The second-order valence-electron chi connectivity index (χ2n) is 9.70. The van der Waals surface area contributed by atoms with Crippen LogP contribution >= 0.6 is 0 Å². The minimum atomic E-state index is 0.219. The van der Waals surface area contributed by atoms with Crippen molar-refractivity contribution >= 4 is 27.6 Å². The van der Waals surface area contributed by atoms with E-state index in [1.165, 1.54) is 22.0 Å². The summed E-state index contributed by atoms with van der Waals surface area (Å²) in [6.45, 7) is 4.02. The minimum absolute atomic E-state index is 0.219. The van der Waals surface area contributed by atoms with Gasteiger partial charge in [0.2, 0.25) is 0 Å². The van der Waals surface area contributed by atoms with Crippen LogP contribution in [-0.2, 0) is 6.42 Å². The van der Waals surface area contributed by atoms with Crippen LogP contribution in [0.15, 0.2) is 91.1 Å². The zero-order valence-electron chi connectivity index (χ0n) is 21.7. The molecule has 0 saturated heterocycles. The molecule has 5 rings (SSSR count). The number of H-pyrrole nitrogens is 1. The maximum Gasteiger partial charge on any atom is 0.131 e. The summed E-state index contributed by atoms with van der Waals surface area (Å²) in [6.07, 6.45) is 5.39. The lowest BCUT2D eigenvalue weighted by atomic mass is 9.96. The van der Waals surface area contributed by atoms with Gasteiger partial charge in [-0.15, -0.1) is 0 Å². The molecule has 3 N–H and O–H groups in total. The van der Waals surface area contributed by atoms with Gasteiger partial charge in [-0.05, 0) is 48.1 Å². The van der Waals surface area contributed by atoms with Crippen LogP contribution in [0, 0.1) is 5.92 Å². The second kappa shape index (κ2) is 11.9. The summed E-state index contributed by atoms with van der Waals surface area (Å²) in [5.74, 6) is 2.17. The van der Waals surface area contributed by atoms with Gasteiger partial charge in [-0.1, -0.05) is 74.0 Å². The van der Waals surface area contributed by atoms with Crippen LogP contribution < -0.4 is 15.4 Å². The van der Waals surface area contributed by atoms with Crippen LogP contribution in [0.5, 0.6) is 5.75 Å². The number of nitrogens with one attached hydrogen (secondary N) is 3. The van der Waals surface area contributed by atoms with E-state index in [1.807, 2.05) is 30.3 Å². The third kappa shape index (κ3) is 5.95. The number of rotatable bonds is 12. The number of aromatic nitrogens is 2. The van der Waals surface area contributed by atoms with Gasteiger partial charge in [-0.3, -0.25) is 0 Å². The van der Waals surface area contributed by atoms with Crippen molar-refractivity contribution in [2.75, 3.05) is 25.5 Å². The first-order valence-electron chi connectivity index (χ1n) is 13.3. The van der Waals surface area contributed by atoms with Crippen molar-refractivity contribution in [3.63, 3.8) is 0 Å². The molecule has 1 unspecified atom stereocenters. The minimum Gasteiger partial charge on any atom is -0.496 e. The first-order valence-corrected chi connectivity index (χ1v) is 13.3. The topological polar surface area (TPSA) is 62.0 Å². The third-order valence-electron chi connectivity index (χ3n) is 7.10. The summed E-state index contributed by atoms with van der Waals surface area (Å²) >= 11 is 0. The number of pyridine rings is 1. The molecule has 190 valence electrons. The molecule has 0 spiro atoms. The van der Waals surface area contributed by atoms with Gasteiger partial charge in [-0.25, -0.2) is 4.98 Å². The van der Waals surface area contributed by atoms with Gasteiger partial charge in [0.1, 0.15) is 11.6 Å². The zero-order valence-corrected chi connectivity index (χ0v) is 21.7. The Morgan fingerprint density at radius 3 is 2.46 bits per heavy atom. The highest BCUT2D eigenvalue weighted by Crippen LogP contribution is 2.29. The number of methoxy groups -OCH3 is 1. The summed E-state index contributed by atoms with van der Waals surface area (Å²) in [5.41, 5.74) is 4.78. The van der Waals surface area contributed by atoms with E-state index < -0.39 is 0 Å². The highest BCUT2D eigenvalue weighted by atomic mass is 16.5. The van der Waals surface area contributed by atoms with Crippen LogP contribution in [0.25, 0.3) is 21.8 Å². The monoisotopic (exact) mass is 492 g/mol. The molecule has 2 aromatic heterocycles. The van der Waals surface area contributed by atoms with E-state index in [4.69, 9.17) is 9.72 Å². The van der Waals surface area contributed by atoms with Crippen molar-refractivity contribution < 1.29 is 4.74 Å². The molecule has 5 heteroatoms. The summed E-state index contributed by atoms with van der Waals surface area (Å²) < 4.78 is 5.64. The van der Waals surface area contributed by atoms with E-state index in [2.05, 4.69) is 83.3 Å². The molecule has 2 atom stereocenters. The smallest absolute Gasteiger partial charge is 0.131 e. The van der Waals surface area contributed by atoms with Gasteiger partial charge in [-0.2, -0.15) is 0 Å². The van der Waals surface area contributed by atoms with E-state index in [-0.39, 0.29) is 6.04 Å². The molecule has 2 heterocycles. The molecular formula is C32H36N4O. The lowest BCUT2D eigenvalue weighted by Gasteiger charge is -2.24. The molecular weight excluding hydrogens is 456 g/mol. The Hall–Kier alpha value is -3.83. The lowest BCUT2D eigenvalue weighted by molar-refractivity contribution is 0.416. The van der Waals surface area contributed by atoms with Crippen molar-refractivity contribution in [2.45, 2.75) is 32.2 Å². The molecule has 5 aromatic rings. The number of anilines is 1. The van der Waals surface area contributed by atoms with Crippen LogP contribution in [0.3, 0.4) is 0 Å². The van der Waals surface area contributed by atoms with Gasteiger partial charge in [0.15, 0.2) is 0 Å². The highest BCUT2D eigenvalue weighted by Gasteiger charge is 2.19. The van der Waals surface area contributed by atoms with Crippen LogP contribution in [0.4, 0.5) is 5.82 Å². The second-order valence-corrected chi connectivity index (χ2v) is 9.70. The van der Waals surface area contributed by atoms with Crippen LogP contribution in [0.2, 0.25) is 0 Å². The van der Waals surface area contributed by atoms with Crippen LogP contribution in [0.1, 0.15) is 36.9 Å². The number of benzene rings is 3. The molecule has 0 amide bonds. The Kier molecular flexibility index (Phi) is 8.02. The van der Waals surface area contributed by atoms with E-state index in [9.17, 15) is 0 Å². The van der Waals surface area contributed by atoms with E-state index in [0.717, 1.165) is 54.8 Å². The Labute approximate surface area is 219 Å². The number of nitrogens with zero attached hydrogens (tertiary/aromatic N) is 1. The van der Waals surface area contributed by atoms with Gasteiger partial charge in [0, 0.05) is 47.7 Å². The molecule has 0 bridgehead atoms. The van der Waals surface area contributed by atoms with E-state index >= 15 is 0 Å². The van der Waals surface area contributed by atoms with Gasteiger partial charge < -0.3 is 20.4 Å². The fraction of sp³-hybridized carbons (Fsp3) is 0.281. The maximum atomic E-state index is 5.64. The van der Waals surface area contributed by atoms with Crippen molar-refractivity contribution in [2.24, 2.45) is 5.92 Å². The van der Waals surface area contributed by atoms with Crippen LogP contribution in [-0.4, -0.2) is 30.2 Å². The Morgan fingerprint density at radius 1 is 0.892 bits per heavy atom.